The number of nitro benzene ring substituents is 1. The summed E-state index contributed by atoms with van der Waals surface area (Å²) in [6.45, 7) is 7.57. The third-order valence-corrected chi connectivity index (χ3v) is 7.72. The second kappa shape index (κ2) is 12.0. The maximum atomic E-state index is 13.8. The van der Waals surface area contributed by atoms with E-state index >= 15 is 0 Å². The van der Waals surface area contributed by atoms with Crippen molar-refractivity contribution in [1.82, 2.24) is 4.57 Å². The van der Waals surface area contributed by atoms with Gasteiger partial charge in [0, 0.05) is 23.8 Å². The van der Waals surface area contributed by atoms with E-state index in [2.05, 4.69) is 11.6 Å². The first-order chi connectivity index (χ1) is 20.2. The molecule has 1 atom stereocenters. The molecule has 1 aliphatic rings. The zero-order valence-corrected chi connectivity index (χ0v) is 24.1. The number of benzene rings is 2. The van der Waals surface area contributed by atoms with Crippen molar-refractivity contribution in [2.75, 3.05) is 13.2 Å². The molecule has 0 amide bonds. The van der Waals surface area contributed by atoms with Gasteiger partial charge in [0.2, 0.25) is 0 Å². The quantitative estimate of drug-likeness (QED) is 0.111. The molecule has 0 aliphatic carbocycles. The molecule has 10 nitrogen and oxygen atoms in total. The Labute approximate surface area is 248 Å². The van der Waals surface area contributed by atoms with Crippen molar-refractivity contribution >= 4 is 40.7 Å². The van der Waals surface area contributed by atoms with E-state index in [1.165, 1.54) is 22.8 Å². The number of allylic oxidation sites excluding steroid dienone is 1. The van der Waals surface area contributed by atoms with Crippen molar-refractivity contribution in [3.05, 3.63) is 125 Å². The monoisotopic (exact) mass is 605 g/mol. The molecule has 0 bridgehead atoms. The van der Waals surface area contributed by atoms with Gasteiger partial charge in [-0.15, -0.1) is 0 Å². The fourth-order valence-electron chi connectivity index (χ4n) is 4.53. The molecule has 2 aromatic carbocycles. The summed E-state index contributed by atoms with van der Waals surface area (Å²) in [6.07, 6.45) is 3.20. The Bertz CT molecular complexity index is 1920. The molecular weight excluding hydrogens is 582 g/mol. The van der Waals surface area contributed by atoms with E-state index in [9.17, 15) is 19.7 Å². The molecule has 4 aromatic rings. The molecule has 0 unspecified atom stereocenters. The minimum atomic E-state index is -0.785. The number of hydrogen-bond donors (Lipinski definition) is 0. The highest BCUT2D eigenvalue weighted by atomic mass is 35.5. The molecule has 0 saturated carbocycles. The number of non-ortho nitro benzene ring substituents is 1. The molecule has 42 heavy (non-hydrogen) atoms. The Balaban J connectivity index is 1.60. The summed E-state index contributed by atoms with van der Waals surface area (Å²) < 4.78 is 18.6. The average molecular weight is 606 g/mol. The minimum Gasteiger partial charge on any atom is -0.490 e. The molecule has 1 aliphatic heterocycles. The second-order valence-corrected chi connectivity index (χ2v) is 10.5. The maximum Gasteiger partial charge on any atom is 0.338 e. The summed E-state index contributed by atoms with van der Waals surface area (Å²) in [7, 11) is 0. The Kier molecular flexibility index (Phi) is 8.23. The number of carbonyl (C=O) groups is 1. The van der Waals surface area contributed by atoms with Crippen molar-refractivity contribution in [2.45, 2.75) is 19.9 Å². The van der Waals surface area contributed by atoms with Gasteiger partial charge in [0.15, 0.2) is 4.80 Å². The van der Waals surface area contributed by atoms with Crippen LogP contribution < -0.4 is 19.6 Å². The lowest BCUT2D eigenvalue weighted by Gasteiger charge is -2.24. The third kappa shape index (κ3) is 5.56. The van der Waals surface area contributed by atoms with Crippen LogP contribution in [0, 0.1) is 10.1 Å². The van der Waals surface area contributed by atoms with E-state index in [4.69, 9.17) is 25.5 Å². The lowest BCUT2D eigenvalue weighted by molar-refractivity contribution is -0.384. The minimum absolute atomic E-state index is 0.131. The zero-order valence-electron chi connectivity index (χ0n) is 22.5. The second-order valence-electron chi connectivity index (χ2n) is 9.09. The number of aromatic nitrogens is 1. The Hall–Kier alpha value is -4.74. The van der Waals surface area contributed by atoms with Gasteiger partial charge in [-0.25, -0.2) is 9.79 Å². The number of carbonyl (C=O) groups excluding carboxylic acids is 1. The van der Waals surface area contributed by atoms with Gasteiger partial charge in [0.25, 0.3) is 11.2 Å². The van der Waals surface area contributed by atoms with Crippen LogP contribution >= 0.6 is 22.9 Å². The van der Waals surface area contributed by atoms with E-state index in [1.807, 2.05) is 0 Å². The summed E-state index contributed by atoms with van der Waals surface area (Å²) in [5.41, 5.74) is 1.22. The maximum absolute atomic E-state index is 13.8. The van der Waals surface area contributed by atoms with Crippen molar-refractivity contribution in [3.63, 3.8) is 0 Å². The average Bonchev–Trinajstić information content (AvgIpc) is 3.55. The van der Waals surface area contributed by atoms with E-state index in [0.29, 0.717) is 50.0 Å². The first-order valence-corrected chi connectivity index (χ1v) is 14.0. The number of halogens is 1. The van der Waals surface area contributed by atoms with Crippen LogP contribution in [-0.2, 0) is 9.53 Å². The van der Waals surface area contributed by atoms with E-state index in [1.54, 1.807) is 62.4 Å². The van der Waals surface area contributed by atoms with E-state index < -0.39 is 16.9 Å². The Morgan fingerprint density at radius 3 is 2.69 bits per heavy atom. The van der Waals surface area contributed by atoms with Crippen LogP contribution in [0.15, 0.2) is 92.7 Å². The first kappa shape index (κ1) is 28.8. The van der Waals surface area contributed by atoms with Gasteiger partial charge in [0.1, 0.15) is 23.9 Å². The van der Waals surface area contributed by atoms with Crippen molar-refractivity contribution in [1.29, 1.82) is 0 Å². The lowest BCUT2D eigenvalue weighted by atomic mass is 9.96. The summed E-state index contributed by atoms with van der Waals surface area (Å²) >= 11 is 7.42. The zero-order chi connectivity index (χ0) is 30.0. The normalized spacial score (nSPS) is 14.7. The fourth-order valence-corrected chi connectivity index (χ4v) is 5.77. The van der Waals surface area contributed by atoms with Crippen LogP contribution in [-0.4, -0.2) is 28.7 Å². The van der Waals surface area contributed by atoms with Gasteiger partial charge in [-0.2, -0.15) is 0 Å². The molecule has 0 radical (unpaired) electrons. The van der Waals surface area contributed by atoms with Crippen LogP contribution in [0.2, 0.25) is 5.02 Å². The Morgan fingerprint density at radius 1 is 1.24 bits per heavy atom. The number of fused-ring (bicyclic) bond motifs is 1. The smallest absolute Gasteiger partial charge is 0.338 e. The molecule has 214 valence electrons. The SMILES string of the molecule is C=CCOc1ccc([C@H]2C(C(=O)OCC)=C(C)N=c3s/c(=C\c4ccc(-c5cc([N+](=O)[O-])ccc5Cl)o4)c(=O)n32)cc1. The van der Waals surface area contributed by atoms with Gasteiger partial charge in [0.05, 0.1) is 38.4 Å². The van der Waals surface area contributed by atoms with Crippen LogP contribution in [0.3, 0.4) is 0 Å². The highest BCUT2D eigenvalue weighted by molar-refractivity contribution is 7.07. The van der Waals surface area contributed by atoms with E-state index in [-0.39, 0.29) is 28.4 Å². The topological polar surface area (TPSA) is 126 Å². The molecule has 5 rings (SSSR count). The van der Waals surface area contributed by atoms with Gasteiger partial charge in [-0.1, -0.05) is 47.7 Å². The van der Waals surface area contributed by atoms with Crippen molar-refractivity contribution < 1.29 is 23.6 Å². The van der Waals surface area contributed by atoms with Crippen LogP contribution in [0.4, 0.5) is 5.69 Å². The number of nitrogens with zero attached hydrogens (tertiary/aromatic N) is 3. The fraction of sp³-hybridized carbons (Fsp3) is 0.167. The Morgan fingerprint density at radius 2 is 2.00 bits per heavy atom. The highest BCUT2D eigenvalue weighted by Crippen LogP contribution is 2.33. The number of nitro groups is 1. The summed E-state index contributed by atoms with van der Waals surface area (Å²) in [5.74, 6) is 0.690. The van der Waals surface area contributed by atoms with Crippen LogP contribution in [0.5, 0.6) is 5.75 Å². The molecule has 0 spiro atoms. The molecule has 3 heterocycles. The summed E-state index contributed by atoms with van der Waals surface area (Å²) in [5, 5.41) is 11.5. The molecule has 12 heteroatoms. The van der Waals surface area contributed by atoms with Gasteiger partial charge < -0.3 is 13.9 Å². The number of hydrogen-bond acceptors (Lipinski definition) is 9. The standard InChI is InChI=1S/C30H24ClN3O7S/c1-4-14-40-20-9-6-18(7-10-20)27-26(29(36)39-5-2)17(3)32-30-33(27)28(35)25(42-30)16-21-11-13-24(41-21)22-15-19(34(37)38)8-12-23(22)31/h4,6-13,15-16,27H,1,5,14H2,2-3H3/b25-16-/t27-/m0/s1. The number of esters is 1. The molecule has 0 saturated heterocycles. The number of furan rings is 1. The largest absolute Gasteiger partial charge is 0.490 e. The van der Waals surface area contributed by atoms with Gasteiger partial charge >= 0.3 is 5.97 Å². The van der Waals surface area contributed by atoms with Gasteiger partial charge in [-0.3, -0.25) is 19.5 Å². The first-order valence-electron chi connectivity index (χ1n) is 12.8. The summed E-state index contributed by atoms with van der Waals surface area (Å²) in [6, 6.07) is 13.6. The number of rotatable bonds is 9. The van der Waals surface area contributed by atoms with Crippen molar-refractivity contribution in [2.24, 2.45) is 4.99 Å². The predicted molar refractivity (Wildman–Crippen MR) is 158 cm³/mol. The molecule has 0 N–H and O–H groups in total. The highest BCUT2D eigenvalue weighted by Gasteiger charge is 2.33. The third-order valence-electron chi connectivity index (χ3n) is 6.41. The molecule has 2 aromatic heterocycles. The number of ether oxygens (including phenoxy) is 2. The van der Waals surface area contributed by atoms with Crippen molar-refractivity contribution in [3.8, 4) is 17.1 Å². The number of thiazole rings is 1. The lowest BCUT2D eigenvalue weighted by Crippen LogP contribution is -2.39. The molecule has 0 fully saturated rings. The predicted octanol–water partition coefficient (Wildman–Crippen LogP) is 5.18. The van der Waals surface area contributed by atoms with Gasteiger partial charge in [-0.05, 0) is 49.7 Å². The van der Waals surface area contributed by atoms with Crippen LogP contribution in [0.25, 0.3) is 17.4 Å². The molecular formula is C30H24ClN3O7S. The van der Waals surface area contributed by atoms with E-state index in [0.717, 1.165) is 11.3 Å². The summed E-state index contributed by atoms with van der Waals surface area (Å²) in [4.78, 5) is 42.6. The van der Waals surface area contributed by atoms with Crippen LogP contribution in [0.1, 0.15) is 31.2 Å².